The Labute approximate surface area is 89.4 Å². The molecule has 1 fully saturated rings. The SMILES string of the molecule is CCCC1CN(CC(C)C(=O)O)C(=O)N1. The molecular formula is C10H18N2O3. The zero-order valence-corrected chi connectivity index (χ0v) is 9.19. The van der Waals surface area contributed by atoms with Gasteiger partial charge >= 0.3 is 12.0 Å². The van der Waals surface area contributed by atoms with Crippen LogP contribution in [-0.2, 0) is 4.79 Å². The molecule has 1 saturated heterocycles. The Bertz CT molecular complexity index is 255. The molecule has 2 unspecified atom stereocenters. The fourth-order valence-corrected chi connectivity index (χ4v) is 1.74. The first-order valence-electron chi connectivity index (χ1n) is 5.32. The topological polar surface area (TPSA) is 69.6 Å². The highest BCUT2D eigenvalue weighted by Gasteiger charge is 2.29. The molecule has 0 saturated carbocycles. The van der Waals surface area contributed by atoms with Crippen LogP contribution >= 0.6 is 0 Å². The summed E-state index contributed by atoms with van der Waals surface area (Å²) in [5.74, 6) is -1.36. The van der Waals surface area contributed by atoms with Crippen molar-refractivity contribution in [2.24, 2.45) is 5.92 Å². The van der Waals surface area contributed by atoms with Crippen LogP contribution in [0.1, 0.15) is 26.7 Å². The van der Waals surface area contributed by atoms with E-state index in [0.717, 1.165) is 12.8 Å². The van der Waals surface area contributed by atoms with Crippen LogP contribution in [0.5, 0.6) is 0 Å². The normalized spacial score (nSPS) is 22.7. The van der Waals surface area contributed by atoms with Gasteiger partial charge in [0.2, 0.25) is 0 Å². The van der Waals surface area contributed by atoms with Gasteiger partial charge in [0.1, 0.15) is 0 Å². The number of nitrogens with one attached hydrogen (secondary N) is 1. The first kappa shape index (κ1) is 11.8. The van der Waals surface area contributed by atoms with Crippen LogP contribution in [0, 0.1) is 5.92 Å². The number of carboxylic acid groups (broad SMARTS) is 1. The van der Waals surface area contributed by atoms with Crippen molar-refractivity contribution < 1.29 is 14.7 Å². The third-order valence-electron chi connectivity index (χ3n) is 2.61. The van der Waals surface area contributed by atoms with E-state index in [9.17, 15) is 9.59 Å². The third-order valence-corrected chi connectivity index (χ3v) is 2.61. The molecule has 86 valence electrons. The van der Waals surface area contributed by atoms with Crippen molar-refractivity contribution in [3.05, 3.63) is 0 Å². The molecule has 0 bridgehead atoms. The van der Waals surface area contributed by atoms with E-state index in [2.05, 4.69) is 12.2 Å². The average molecular weight is 214 g/mol. The quantitative estimate of drug-likeness (QED) is 0.714. The molecule has 15 heavy (non-hydrogen) atoms. The minimum atomic E-state index is -0.859. The van der Waals surface area contributed by atoms with Crippen LogP contribution < -0.4 is 5.32 Å². The number of nitrogens with zero attached hydrogens (tertiary/aromatic N) is 1. The molecule has 0 aliphatic carbocycles. The summed E-state index contributed by atoms with van der Waals surface area (Å²) in [6.07, 6.45) is 1.97. The Morgan fingerprint density at radius 1 is 1.73 bits per heavy atom. The van der Waals surface area contributed by atoms with Gasteiger partial charge in [-0.05, 0) is 6.42 Å². The molecular weight excluding hydrogens is 196 g/mol. The molecule has 0 aromatic rings. The van der Waals surface area contributed by atoms with Gasteiger partial charge in [-0.3, -0.25) is 4.79 Å². The minimum absolute atomic E-state index is 0.137. The van der Waals surface area contributed by atoms with Crippen LogP contribution in [0.2, 0.25) is 0 Å². The molecule has 2 amide bonds. The lowest BCUT2D eigenvalue weighted by atomic mass is 10.1. The number of hydrogen-bond acceptors (Lipinski definition) is 2. The van der Waals surface area contributed by atoms with Gasteiger partial charge in [0.05, 0.1) is 5.92 Å². The van der Waals surface area contributed by atoms with E-state index in [0.29, 0.717) is 13.1 Å². The molecule has 1 aliphatic rings. The first-order chi connectivity index (χ1) is 7.04. The number of carboxylic acids is 1. The van der Waals surface area contributed by atoms with E-state index in [4.69, 9.17) is 5.11 Å². The second kappa shape index (κ2) is 5.00. The van der Waals surface area contributed by atoms with E-state index in [1.807, 2.05) is 0 Å². The average Bonchev–Trinajstić information content (AvgIpc) is 2.47. The number of aliphatic carboxylic acids is 1. The summed E-state index contributed by atoms with van der Waals surface area (Å²) in [6, 6.07) is 0.0463. The van der Waals surface area contributed by atoms with Crippen molar-refractivity contribution in [3.8, 4) is 0 Å². The van der Waals surface area contributed by atoms with Crippen molar-refractivity contribution >= 4 is 12.0 Å². The first-order valence-corrected chi connectivity index (χ1v) is 5.32. The summed E-state index contributed by atoms with van der Waals surface area (Å²) in [5, 5.41) is 11.6. The molecule has 0 aromatic carbocycles. The van der Waals surface area contributed by atoms with Gasteiger partial charge in [-0.2, -0.15) is 0 Å². The Hall–Kier alpha value is -1.26. The second-order valence-corrected chi connectivity index (χ2v) is 4.08. The maximum atomic E-state index is 11.4. The molecule has 0 aromatic heterocycles. The van der Waals surface area contributed by atoms with E-state index >= 15 is 0 Å². The fraction of sp³-hybridized carbons (Fsp3) is 0.800. The molecule has 1 rings (SSSR count). The van der Waals surface area contributed by atoms with Crippen molar-refractivity contribution in [3.63, 3.8) is 0 Å². The van der Waals surface area contributed by atoms with Crippen LogP contribution in [-0.4, -0.2) is 41.1 Å². The molecule has 2 atom stereocenters. The lowest BCUT2D eigenvalue weighted by molar-refractivity contribution is -0.141. The summed E-state index contributed by atoms with van der Waals surface area (Å²) < 4.78 is 0. The van der Waals surface area contributed by atoms with Gasteiger partial charge < -0.3 is 15.3 Å². The Kier molecular flexibility index (Phi) is 3.94. The smallest absolute Gasteiger partial charge is 0.317 e. The van der Waals surface area contributed by atoms with Crippen LogP contribution in [0.25, 0.3) is 0 Å². The van der Waals surface area contributed by atoms with Crippen molar-refractivity contribution in [1.82, 2.24) is 10.2 Å². The third kappa shape index (κ3) is 3.11. The van der Waals surface area contributed by atoms with E-state index in [1.54, 1.807) is 11.8 Å². The highest BCUT2D eigenvalue weighted by atomic mass is 16.4. The predicted molar refractivity (Wildman–Crippen MR) is 55.6 cm³/mol. The van der Waals surface area contributed by atoms with Crippen molar-refractivity contribution in [2.45, 2.75) is 32.7 Å². The molecule has 1 heterocycles. The number of urea groups is 1. The zero-order valence-electron chi connectivity index (χ0n) is 9.19. The van der Waals surface area contributed by atoms with Gasteiger partial charge in [-0.1, -0.05) is 20.3 Å². The Morgan fingerprint density at radius 3 is 2.93 bits per heavy atom. The van der Waals surface area contributed by atoms with E-state index < -0.39 is 11.9 Å². The fourth-order valence-electron chi connectivity index (χ4n) is 1.74. The largest absolute Gasteiger partial charge is 0.481 e. The van der Waals surface area contributed by atoms with Crippen molar-refractivity contribution in [2.75, 3.05) is 13.1 Å². The van der Waals surface area contributed by atoms with Crippen molar-refractivity contribution in [1.29, 1.82) is 0 Å². The van der Waals surface area contributed by atoms with Crippen LogP contribution in [0.3, 0.4) is 0 Å². The number of carbonyl (C=O) groups is 2. The van der Waals surface area contributed by atoms with Crippen LogP contribution in [0.15, 0.2) is 0 Å². The number of amides is 2. The monoisotopic (exact) mass is 214 g/mol. The van der Waals surface area contributed by atoms with E-state index in [-0.39, 0.29) is 12.1 Å². The van der Waals surface area contributed by atoms with Crippen LogP contribution in [0.4, 0.5) is 4.79 Å². The molecule has 0 radical (unpaired) electrons. The van der Waals surface area contributed by atoms with Gasteiger partial charge in [0.25, 0.3) is 0 Å². The van der Waals surface area contributed by atoms with Gasteiger partial charge in [0, 0.05) is 19.1 Å². The Balaban J connectivity index is 2.43. The Morgan fingerprint density at radius 2 is 2.40 bits per heavy atom. The highest BCUT2D eigenvalue weighted by Crippen LogP contribution is 2.11. The number of rotatable bonds is 5. The number of carbonyl (C=O) groups excluding carboxylic acids is 1. The molecule has 0 spiro atoms. The predicted octanol–water partition coefficient (Wildman–Crippen LogP) is 0.901. The lowest BCUT2D eigenvalue weighted by Crippen LogP contribution is -2.34. The molecule has 5 heteroatoms. The lowest BCUT2D eigenvalue weighted by Gasteiger charge is -2.16. The summed E-state index contributed by atoms with van der Waals surface area (Å²) in [6.45, 7) is 4.60. The summed E-state index contributed by atoms with van der Waals surface area (Å²) in [5.41, 5.74) is 0. The van der Waals surface area contributed by atoms with Gasteiger partial charge in [-0.15, -0.1) is 0 Å². The second-order valence-electron chi connectivity index (χ2n) is 4.08. The van der Waals surface area contributed by atoms with E-state index in [1.165, 1.54) is 0 Å². The summed E-state index contributed by atoms with van der Waals surface area (Å²) in [4.78, 5) is 23.7. The molecule has 2 N–H and O–H groups in total. The maximum absolute atomic E-state index is 11.4. The minimum Gasteiger partial charge on any atom is -0.481 e. The maximum Gasteiger partial charge on any atom is 0.317 e. The molecule has 1 aliphatic heterocycles. The molecule has 5 nitrogen and oxygen atoms in total. The zero-order chi connectivity index (χ0) is 11.4. The van der Waals surface area contributed by atoms with Gasteiger partial charge in [0.15, 0.2) is 0 Å². The summed E-state index contributed by atoms with van der Waals surface area (Å²) in [7, 11) is 0. The van der Waals surface area contributed by atoms with Gasteiger partial charge in [-0.25, -0.2) is 4.79 Å². The summed E-state index contributed by atoms with van der Waals surface area (Å²) >= 11 is 0. The number of hydrogen-bond donors (Lipinski definition) is 2. The highest BCUT2D eigenvalue weighted by molar-refractivity contribution is 5.78. The standard InChI is InChI=1S/C10H18N2O3/c1-3-4-8-6-12(10(15)11-8)5-7(2)9(13)14/h7-8H,3-6H2,1-2H3,(H,11,15)(H,13,14).